The topological polar surface area (TPSA) is 71.1 Å². The molecule has 6 heteroatoms. The maximum Gasteiger partial charge on any atom is 0.334 e. The molecule has 0 amide bonds. The van der Waals surface area contributed by atoms with E-state index >= 15 is 0 Å². The number of fused-ring (bicyclic) bond motifs is 1. The zero-order valence-electron chi connectivity index (χ0n) is 12.6. The summed E-state index contributed by atoms with van der Waals surface area (Å²) in [5.41, 5.74) is -1.87. The van der Waals surface area contributed by atoms with Crippen molar-refractivity contribution in [3.05, 3.63) is 23.7 Å². The lowest BCUT2D eigenvalue weighted by Crippen LogP contribution is -2.78. The van der Waals surface area contributed by atoms with Crippen molar-refractivity contribution < 1.29 is 28.5 Å². The molecule has 3 heterocycles. The molecule has 0 unspecified atom stereocenters. The van der Waals surface area contributed by atoms with E-state index in [1.165, 1.54) is 12.2 Å². The van der Waals surface area contributed by atoms with E-state index in [0.29, 0.717) is 24.7 Å². The summed E-state index contributed by atoms with van der Waals surface area (Å²) in [6.07, 6.45) is 4.47. The third-order valence-electron chi connectivity index (χ3n) is 5.34. The summed E-state index contributed by atoms with van der Waals surface area (Å²) in [6.45, 7) is 4.67. The molecule has 1 saturated carbocycles. The highest BCUT2D eigenvalue weighted by atomic mass is 16.6. The van der Waals surface area contributed by atoms with Crippen LogP contribution < -0.4 is 0 Å². The van der Waals surface area contributed by atoms with Crippen molar-refractivity contribution in [1.82, 2.24) is 0 Å². The molecule has 0 aromatic rings. The quantitative estimate of drug-likeness (QED) is 0.631. The third-order valence-corrected chi connectivity index (χ3v) is 5.34. The first-order valence-electron chi connectivity index (χ1n) is 7.60. The van der Waals surface area contributed by atoms with Crippen LogP contribution in [-0.2, 0) is 28.5 Å². The van der Waals surface area contributed by atoms with E-state index in [2.05, 4.69) is 0 Å². The van der Waals surface area contributed by atoms with Gasteiger partial charge in [0.2, 0.25) is 0 Å². The van der Waals surface area contributed by atoms with Crippen molar-refractivity contribution in [1.29, 1.82) is 0 Å². The minimum absolute atomic E-state index is 0.187. The molecule has 2 fully saturated rings. The van der Waals surface area contributed by atoms with Crippen molar-refractivity contribution in [2.45, 2.75) is 37.9 Å². The summed E-state index contributed by atoms with van der Waals surface area (Å²) >= 11 is 0. The van der Waals surface area contributed by atoms with Gasteiger partial charge in [-0.15, -0.1) is 0 Å². The molecule has 118 valence electrons. The Balaban J connectivity index is 1.84. The van der Waals surface area contributed by atoms with Crippen molar-refractivity contribution in [2.75, 3.05) is 13.2 Å². The molecule has 1 saturated heterocycles. The van der Waals surface area contributed by atoms with E-state index in [0.717, 1.165) is 12.8 Å². The molecule has 0 radical (unpaired) electrons. The molecule has 4 atom stereocenters. The number of ether oxygens (including phenoxy) is 4. The third kappa shape index (κ3) is 1.55. The van der Waals surface area contributed by atoms with Crippen LogP contribution in [0.3, 0.4) is 0 Å². The van der Waals surface area contributed by atoms with Crippen LogP contribution in [0.1, 0.15) is 26.7 Å². The van der Waals surface area contributed by atoms with Gasteiger partial charge < -0.3 is 18.9 Å². The minimum atomic E-state index is -0.934. The first-order chi connectivity index (χ1) is 10.5. The highest BCUT2D eigenvalue weighted by Crippen LogP contribution is 2.64. The van der Waals surface area contributed by atoms with Gasteiger partial charge in [-0.3, -0.25) is 0 Å². The van der Waals surface area contributed by atoms with Crippen molar-refractivity contribution in [3.63, 3.8) is 0 Å². The summed E-state index contributed by atoms with van der Waals surface area (Å²) in [6, 6.07) is 0. The molecule has 4 aliphatic rings. The molecule has 1 aliphatic carbocycles. The molecule has 4 rings (SSSR count). The largest absolute Gasteiger partial charge is 0.497 e. The SMILES string of the molecule is C[C@@]12OC(=O)C=C3OCCCCOC4=CC(=O)O[C@]1(C)[C@H]4[C@H]32. The summed E-state index contributed by atoms with van der Waals surface area (Å²) in [5.74, 6) is -0.0800. The Morgan fingerprint density at radius 1 is 0.864 bits per heavy atom. The number of hydrogen-bond donors (Lipinski definition) is 0. The van der Waals surface area contributed by atoms with E-state index in [9.17, 15) is 9.59 Å². The maximum atomic E-state index is 11.9. The highest BCUT2D eigenvalue weighted by Gasteiger charge is 2.77. The smallest absolute Gasteiger partial charge is 0.334 e. The minimum Gasteiger partial charge on any atom is -0.497 e. The second-order valence-corrected chi connectivity index (χ2v) is 6.51. The average molecular weight is 306 g/mol. The Hall–Kier alpha value is -1.98. The molecular weight excluding hydrogens is 288 g/mol. The lowest BCUT2D eigenvalue weighted by molar-refractivity contribution is -0.302. The molecule has 6 nitrogen and oxygen atoms in total. The zero-order valence-corrected chi connectivity index (χ0v) is 12.6. The van der Waals surface area contributed by atoms with Gasteiger partial charge in [-0.25, -0.2) is 9.59 Å². The van der Waals surface area contributed by atoms with E-state index in [4.69, 9.17) is 18.9 Å². The monoisotopic (exact) mass is 306 g/mol. The van der Waals surface area contributed by atoms with Crippen molar-refractivity contribution in [2.24, 2.45) is 11.8 Å². The molecule has 0 N–H and O–H groups in total. The number of carbonyl (C=O) groups is 2. The second-order valence-electron chi connectivity index (χ2n) is 6.51. The van der Waals surface area contributed by atoms with Crippen LogP contribution in [0, 0.1) is 11.8 Å². The summed E-state index contributed by atoms with van der Waals surface area (Å²) < 4.78 is 22.8. The van der Waals surface area contributed by atoms with E-state index < -0.39 is 23.1 Å². The van der Waals surface area contributed by atoms with Crippen LogP contribution in [0.2, 0.25) is 0 Å². The molecule has 0 aromatic heterocycles. The van der Waals surface area contributed by atoms with Crippen LogP contribution >= 0.6 is 0 Å². The second kappa shape index (κ2) is 4.27. The first kappa shape index (κ1) is 13.7. The lowest BCUT2D eigenvalue weighted by Gasteiger charge is -2.65. The Morgan fingerprint density at radius 3 is 1.68 bits per heavy atom. The average Bonchev–Trinajstić information content (AvgIpc) is 2.44. The normalized spacial score (nSPS) is 43.0. The van der Waals surface area contributed by atoms with Gasteiger partial charge in [0.15, 0.2) is 11.2 Å². The Morgan fingerprint density at radius 2 is 1.27 bits per heavy atom. The van der Waals surface area contributed by atoms with Gasteiger partial charge in [0, 0.05) is 0 Å². The fourth-order valence-corrected chi connectivity index (χ4v) is 4.09. The molecule has 0 aromatic carbocycles. The summed E-state index contributed by atoms with van der Waals surface area (Å²) in [5, 5.41) is 0. The number of esters is 2. The molecule has 0 bridgehead atoms. The van der Waals surface area contributed by atoms with Gasteiger partial charge >= 0.3 is 11.9 Å². The Labute approximate surface area is 128 Å². The number of rotatable bonds is 0. The van der Waals surface area contributed by atoms with E-state index in [1.54, 1.807) is 13.8 Å². The molecule has 3 aliphatic heterocycles. The maximum absolute atomic E-state index is 11.9. The molecule has 0 spiro atoms. The summed E-state index contributed by atoms with van der Waals surface area (Å²) in [7, 11) is 0. The van der Waals surface area contributed by atoms with Crippen LogP contribution in [0.4, 0.5) is 0 Å². The number of carbonyl (C=O) groups excluding carboxylic acids is 2. The molecule has 22 heavy (non-hydrogen) atoms. The van der Waals surface area contributed by atoms with Crippen LogP contribution in [-0.4, -0.2) is 36.4 Å². The van der Waals surface area contributed by atoms with Crippen LogP contribution in [0.25, 0.3) is 0 Å². The van der Waals surface area contributed by atoms with E-state index in [1.807, 2.05) is 0 Å². The van der Waals surface area contributed by atoms with Crippen molar-refractivity contribution >= 4 is 11.9 Å². The van der Waals surface area contributed by atoms with Gasteiger partial charge in [-0.05, 0) is 26.7 Å². The van der Waals surface area contributed by atoms with Gasteiger partial charge in [-0.2, -0.15) is 0 Å². The van der Waals surface area contributed by atoms with E-state index in [-0.39, 0.29) is 11.8 Å². The van der Waals surface area contributed by atoms with Gasteiger partial charge in [0.05, 0.1) is 37.2 Å². The first-order valence-corrected chi connectivity index (χ1v) is 7.60. The predicted molar refractivity (Wildman–Crippen MR) is 73.3 cm³/mol. The molecular formula is C16H18O6. The van der Waals surface area contributed by atoms with Crippen LogP contribution in [0.5, 0.6) is 0 Å². The van der Waals surface area contributed by atoms with Gasteiger partial charge in [-0.1, -0.05) is 0 Å². The van der Waals surface area contributed by atoms with Gasteiger partial charge in [0.25, 0.3) is 0 Å². The predicted octanol–water partition coefficient (Wildman–Crippen LogP) is 1.46. The lowest BCUT2D eigenvalue weighted by atomic mass is 9.48. The van der Waals surface area contributed by atoms with Crippen molar-refractivity contribution in [3.8, 4) is 0 Å². The summed E-state index contributed by atoms with van der Waals surface area (Å²) in [4.78, 5) is 23.9. The Kier molecular flexibility index (Phi) is 2.65. The Bertz CT molecular complexity index is 566. The van der Waals surface area contributed by atoms with Crippen LogP contribution in [0.15, 0.2) is 23.7 Å². The van der Waals surface area contributed by atoms with Gasteiger partial charge in [0.1, 0.15) is 11.5 Å². The standard InChI is InChI=1S/C16H18O6/c1-15-13-9(7-11(17)21-15)19-5-3-4-6-20-10-8-12(18)22-16(15,2)14(10)13/h7-8,13-14H,3-6H2,1-2H3/t13-,14+,15-,16+. The zero-order chi connectivity index (χ0) is 15.5. The highest BCUT2D eigenvalue weighted by molar-refractivity contribution is 5.87. The fourth-order valence-electron chi connectivity index (χ4n) is 4.09. The fraction of sp³-hybridized carbons (Fsp3) is 0.625. The number of hydrogen-bond acceptors (Lipinski definition) is 6.